The van der Waals surface area contributed by atoms with Gasteiger partial charge in [-0.2, -0.15) is 0 Å². The van der Waals surface area contributed by atoms with Crippen LogP contribution < -0.4 is 10.6 Å². The van der Waals surface area contributed by atoms with Crippen molar-refractivity contribution in [3.05, 3.63) is 0 Å². The highest BCUT2D eigenvalue weighted by Crippen LogP contribution is 2.36. The molecule has 0 spiro atoms. The van der Waals surface area contributed by atoms with Crippen molar-refractivity contribution in [3.8, 4) is 0 Å². The Morgan fingerprint density at radius 3 is 3.29 bits per heavy atom. The molecule has 2 atom stereocenters. The molecule has 14 heavy (non-hydrogen) atoms. The van der Waals surface area contributed by atoms with Gasteiger partial charge in [0.15, 0.2) is 0 Å². The Morgan fingerprint density at radius 2 is 2.50 bits per heavy atom. The summed E-state index contributed by atoms with van der Waals surface area (Å²) in [6, 6.07) is 0. The summed E-state index contributed by atoms with van der Waals surface area (Å²) in [6.07, 6.45) is 5.78. The Balaban J connectivity index is 1.87. The Labute approximate surface area is 85.6 Å². The van der Waals surface area contributed by atoms with Crippen LogP contribution in [0.25, 0.3) is 0 Å². The molecule has 1 amide bonds. The molecule has 3 heteroatoms. The van der Waals surface area contributed by atoms with Crippen molar-refractivity contribution >= 4 is 5.91 Å². The maximum absolute atomic E-state index is 11.2. The largest absolute Gasteiger partial charge is 0.354 e. The summed E-state index contributed by atoms with van der Waals surface area (Å²) in [6.45, 7) is 3.89. The van der Waals surface area contributed by atoms with Crippen LogP contribution in [0.1, 0.15) is 39.0 Å². The van der Waals surface area contributed by atoms with Crippen LogP contribution >= 0.6 is 0 Å². The lowest BCUT2D eigenvalue weighted by Gasteiger charge is -2.33. The van der Waals surface area contributed by atoms with Crippen LogP contribution in [0, 0.1) is 5.92 Å². The van der Waals surface area contributed by atoms with Crippen molar-refractivity contribution in [2.45, 2.75) is 44.6 Å². The third kappa shape index (κ3) is 1.92. The second-order valence-corrected chi connectivity index (χ2v) is 4.75. The smallest absolute Gasteiger partial charge is 0.219 e. The van der Waals surface area contributed by atoms with E-state index in [2.05, 4.69) is 10.6 Å². The molecule has 0 radical (unpaired) electrons. The zero-order chi connectivity index (χ0) is 10.0. The Hall–Kier alpha value is -0.570. The van der Waals surface area contributed by atoms with E-state index in [4.69, 9.17) is 0 Å². The minimum atomic E-state index is 0.176. The summed E-state index contributed by atoms with van der Waals surface area (Å²) in [7, 11) is 0. The van der Waals surface area contributed by atoms with Gasteiger partial charge in [0, 0.05) is 18.5 Å². The quantitative estimate of drug-likeness (QED) is 0.708. The summed E-state index contributed by atoms with van der Waals surface area (Å²) < 4.78 is 0. The van der Waals surface area contributed by atoms with Crippen LogP contribution in [0.3, 0.4) is 0 Å². The topological polar surface area (TPSA) is 41.1 Å². The minimum absolute atomic E-state index is 0.176. The first-order chi connectivity index (χ1) is 6.74. The average molecular weight is 196 g/mol. The summed E-state index contributed by atoms with van der Waals surface area (Å²) in [5.74, 6) is 1.04. The molecule has 2 unspecified atom stereocenters. The number of hydrogen-bond donors (Lipinski definition) is 2. The van der Waals surface area contributed by atoms with Gasteiger partial charge in [0.2, 0.25) is 5.91 Å². The van der Waals surface area contributed by atoms with Gasteiger partial charge in [-0.25, -0.2) is 0 Å². The van der Waals surface area contributed by atoms with E-state index in [1.165, 1.54) is 25.7 Å². The van der Waals surface area contributed by atoms with E-state index < -0.39 is 0 Å². The van der Waals surface area contributed by atoms with Crippen LogP contribution in [-0.4, -0.2) is 24.5 Å². The lowest BCUT2D eigenvalue weighted by molar-refractivity contribution is -0.121. The molecule has 1 heterocycles. The molecule has 0 aromatic rings. The molecule has 2 aliphatic rings. The molecule has 1 saturated heterocycles. The fraction of sp³-hybridized carbons (Fsp3) is 0.909. The fourth-order valence-electron chi connectivity index (χ4n) is 2.80. The maximum Gasteiger partial charge on any atom is 0.219 e. The van der Waals surface area contributed by atoms with Gasteiger partial charge >= 0.3 is 0 Å². The summed E-state index contributed by atoms with van der Waals surface area (Å²) in [5, 5.41) is 6.62. The molecule has 1 saturated carbocycles. The van der Waals surface area contributed by atoms with E-state index >= 15 is 0 Å². The van der Waals surface area contributed by atoms with E-state index in [1.54, 1.807) is 0 Å². The Kier molecular flexibility index (Phi) is 2.77. The van der Waals surface area contributed by atoms with Crippen molar-refractivity contribution in [3.63, 3.8) is 0 Å². The number of hydrogen-bond acceptors (Lipinski definition) is 2. The molecule has 80 valence electrons. The van der Waals surface area contributed by atoms with Crippen LogP contribution in [-0.2, 0) is 4.79 Å². The molecule has 3 nitrogen and oxygen atoms in total. The predicted molar refractivity (Wildman–Crippen MR) is 56.0 cm³/mol. The van der Waals surface area contributed by atoms with E-state index in [9.17, 15) is 4.79 Å². The zero-order valence-corrected chi connectivity index (χ0v) is 8.94. The molecule has 1 aliphatic carbocycles. The van der Waals surface area contributed by atoms with Crippen molar-refractivity contribution in [2.75, 3.05) is 13.1 Å². The van der Waals surface area contributed by atoms with Gasteiger partial charge < -0.3 is 10.6 Å². The molecule has 0 aromatic carbocycles. The van der Waals surface area contributed by atoms with Crippen molar-refractivity contribution in [1.29, 1.82) is 0 Å². The number of fused-ring (bicyclic) bond motifs is 2. The number of nitrogens with one attached hydrogen (secondary N) is 2. The Bertz CT molecular complexity index is 225. The van der Waals surface area contributed by atoms with Gasteiger partial charge in [0.05, 0.1) is 0 Å². The van der Waals surface area contributed by atoms with Crippen LogP contribution in [0.5, 0.6) is 0 Å². The van der Waals surface area contributed by atoms with Gasteiger partial charge in [0.1, 0.15) is 0 Å². The second-order valence-electron chi connectivity index (χ2n) is 4.75. The number of carbonyl (C=O) groups excluding carboxylic acids is 1. The van der Waals surface area contributed by atoms with Gasteiger partial charge in [-0.3, -0.25) is 4.79 Å². The number of amides is 1. The fourth-order valence-corrected chi connectivity index (χ4v) is 2.80. The minimum Gasteiger partial charge on any atom is -0.354 e. The molecular formula is C11H20N2O. The first-order valence-electron chi connectivity index (χ1n) is 5.76. The van der Waals surface area contributed by atoms with Gasteiger partial charge in [-0.15, -0.1) is 0 Å². The van der Waals surface area contributed by atoms with Crippen molar-refractivity contribution in [1.82, 2.24) is 10.6 Å². The zero-order valence-electron chi connectivity index (χ0n) is 8.94. The van der Waals surface area contributed by atoms with Crippen molar-refractivity contribution in [2.24, 2.45) is 5.92 Å². The lowest BCUT2D eigenvalue weighted by atomic mass is 9.80. The molecule has 2 N–H and O–H groups in total. The van der Waals surface area contributed by atoms with Crippen LogP contribution in [0.15, 0.2) is 0 Å². The second kappa shape index (κ2) is 3.89. The first kappa shape index (κ1) is 9.97. The lowest BCUT2D eigenvalue weighted by Crippen LogP contribution is -2.50. The van der Waals surface area contributed by atoms with Crippen LogP contribution in [0.4, 0.5) is 0 Å². The Morgan fingerprint density at radius 1 is 1.64 bits per heavy atom. The number of rotatable bonds is 3. The highest BCUT2D eigenvalue weighted by molar-refractivity contribution is 5.75. The third-order valence-corrected chi connectivity index (χ3v) is 3.66. The molecule has 2 rings (SSSR count). The maximum atomic E-state index is 11.2. The van der Waals surface area contributed by atoms with E-state index in [0.29, 0.717) is 6.42 Å². The standard InChI is InChI=1S/C11H20N2O/c1-2-10(14)12-8-11-5-3-4-9(6-11)7-13-11/h9,13H,2-8H2,1H3,(H,12,14). The third-order valence-electron chi connectivity index (χ3n) is 3.66. The monoisotopic (exact) mass is 196 g/mol. The van der Waals surface area contributed by atoms with Gasteiger partial charge in [-0.1, -0.05) is 13.3 Å². The van der Waals surface area contributed by atoms with Crippen LogP contribution in [0.2, 0.25) is 0 Å². The molecule has 2 bridgehead atoms. The van der Waals surface area contributed by atoms with Gasteiger partial charge in [-0.05, 0) is 31.7 Å². The highest BCUT2D eigenvalue weighted by atomic mass is 16.1. The van der Waals surface area contributed by atoms with E-state index in [1.807, 2.05) is 6.92 Å². The van der Waals surface area contributed by atoms with Gasteiger partial charge in [0.25, 0.3) is 0 Å². The van der Waals surface area contributed by atoms with Crippen molar-refractivity contribution < 1.29 is 4.79 Å². The highest BCUT2D eigenvalue weighted by Gasteiger charge is 2.41. The summed E-state index contributed by atoms with van der Waals surface area (Å²) in [4.78, 5) is 11.2. The number of carbonyl (C=O) groups is 1. The summed E-state index contributed by atoms with van der Waals surface area (Å²) in [5.41, 5.74) is 0.244. The predicted octanol–water partition coefficient (Wildman–Crippen LogP) is 1.04. The average Bonchev–Trinajstić information content (AvgIpc) is 2.51. The molecule has 1 aliphatic heterocycles. The summed E-state index contributed by atoms with van der Waals surface area (Å²) >= 11 is 0. The normalized spacial score (nSPS) is 35.6. The molecule has 2 fully saturated rings. The van der Waals surface area contributed by atoms with E-state index in [0.717, 1.165) is 19.0 Å². The molecule has 0 aromatic heterocycles. The SMILES string of the molecule is CCC(=O)NCC12CCCC(CN1)C2. The first-order valence-corrected chi connectivity index (χ1v) is 5.76. The molecular weight excluding hydrogens is 176 g/mol. The van der Waals surface area contributed by atoms with E-state index in [-0.39, 0.29) is 11.4 Å².